The highest BCUT2D eigenvalue weighted by Crippen LogP contribution is 2.30. The molecule has 158 valence electrons. The molecule has 1 atom stereocenters. The molecule has 0 aliphatic rings. The summed E-state index contributed by atoms with van der Waals surface area (Å²) in [5.74, 6) is 7.17. The van der Waals surface area contributed by atoms with E-state index < -0.39 is 6.10 Å². The molecule has 0 aliphatic carbocycles. The number of nitrogens with one attached hydrogen (secondary N) is 2. The molecule has 1 aromatic heterocycles. The van der Waals surface area contributed by atoms with Crippen LogP contribution in [0.25, 0.3) is 10.9 Å². The summed E-state index contributed by atoms with van der Waals surface area (Å²) < 4.78 is 5.86. The average Bonchev–Trinajstić information content (AvgIpc) is 3.03. The van der Waals surface area contributed by atoms with Crippen molar-refractivity contribution >= 4 is 22.7 Å². The molecule has 3 aromatic rings. The molecule has 0 fully saturated rings. The number of aliphatic hydroxyl groups excluding tert-OH is 1. The van der Waals surface area contributed by atoms with Crippen LogP contribution >= 0.6 is 11.8 Å². The Hall–Kier alpha value is -2.39. The van der Waals surface area contributed by atoms with E-state index in [1.807, 2.05) is 30.3 Å². The van der Waals surface area contributed by atoms with Crippen molar-refractivity contribution in [3.63, 3.8) is 0 Å². The lowest BCUT2D eigenvalue weighted by atomic mass is 10.1. The molecule has 2 aromatic carbocycles. The zero-order valence-corrected chi connectivity index (χ0v) is 19.1. The van der Waals surface area contributed by atoms with Gasteiger partial charge in [0, 0.05) is 39.1 Å². The van der Waals surface area contributed by atoms with Gasteiger partial charge in [-0.15, -0.1) is 11.8 Å². The molecular weight excluding hydrogens is 392 g/mol. The van der Waals surface area contributed by atoms with E-state index in [0.29, 0.717) is 12.3 Å². The fourth-order valence-electron chi connectivity index (χ4n) is 3.15. The minimum atomic E-state index is -0.588. The van der Waals surface area contributed by atoms with Crippen molar-refractivity contribution in [3.8, 4) is 17.6 Å². The van der Waals surface area contributed by atoms with Crippen LogP contribution in [0.3, 0.4) is 0 Å². The van der Waals surface area contributed by atoms with Gasteiger partial charge in [0.1, 0.15) is 18.5 Å². The summed E-state index contributed by atoms with van der Waals surface area (Å²) >= 11 is 1.74. The number of para-hydroxylation sites is 1. The SMILES string of the molecule is CSc1c(C)[nH]c2ccc(C#Cc3ccccc3OCC(O)CNC(C)(C)C)cc12. The van der Waals surface area contributed by atoms with Crippen molar-refractivity contribution in [2.75, 3.05) is 19.4 Å². The normalized spacial score (nSPS) is 12.5. The largest absolute Gasteiger partial charge is 0.490 e. The fraction of sp³-hybridized carbons (Fsp3) is 0.360. The van der Waals surface area contributed by atoms with Crippen molar-refractivity contribution in [2.45, 2.75) is 44.2 Å². The fourth-order valence-corrected chi connectivity index (χ4v) is 3.89. The van der Waals surface area contributed by atoms with E-state index in [4.69, 9.17) is 4.74 Å². The number of benzene rings is 2. The molecule has 30 heavy (non-hydrogen) atoms. The highest BCUT2D eigenvalue weighted by molar-refractivity contribution is 7.98. The second kappa shape index (κ2) is 9.61. The summed E-state index contributed by atoms with van der Waals surface area (Å²) in [6, 6.07) is 13.9. The Morgan fingerprint density at radius 2 is 1.93 bits per heavy atom. The number of aryl methyl sites for hydroxylation is 1. The Morgan fingerprint density at radius 3 is 2.67 bits per heavy atom. The maximum Gasteiger partial charge on any atom is 0.135 e. The van der Waals surface area contributed by atoms with E-state index in [9.17, 15) is 5.11 Å². The third kappa shape index (κ3) is 5.82. The molecule has 1 heterocycles. The van der Waals surface area contributed by atoms with Gasteiger partial charge in [-0.05, 0) is 64.3 Å². The van der Waals surface area contributed by atoms with Crippen molar-refractivity contribution in [1.29, 1.82) is 0 Å². The summed E-state index contributed by atoms with van der Waals surface area (Å²) in [6.45, 7) is 8.99. The van der Waals surface area contributed by atoms with Crippen LogP contribution in [0.2, 0.25) is 0 Å². The summed E-state index contributed by atoms with van der Waals surface area (Å²) in [5, 5.41) is 14.7. The summed E-state index contributed by atoms with van der Waals surface area (Å²) in [7, 11) is 0. The maximum absolute atomic E-state index is 10.2. The first kappa shape index (κ1) is 22.3. The van der Waals surface area contributed by atoms with E-state index in [1.165, 1.54) is 16.0 Å². The molecule has 3 N–H and O–H groups in total. The highest BCUT2D eigenvalue weighted by atomic mass is 32.2. The number of hydrogen-bond acceptors (Lipinski definition) is 4. The average molecular weight is 423 g/mol. The zero-order valence-electron chi connectivity index (χ0n) is 18.3. The van der Waals surface area contributed by atoms with Crippen molar-refractivity contribution in [2.24, 2.45) is 0 Å². The number of thioether (sulfide) groups is 1. The van der Waals surface area contributed by atoms with Crippen molar-refractivity contribution < 1.29 is 9.84 Å². The van der Waals surface area contributed by atoms with Crippen molar-refractivity contribution in [1.82, 2.24) is 10.3 Å². The van der Waals surface area contributed by atoms with Gasteiger partial charge in [0.05, 0.1) is 5.56 Å². The lowest BCUT2D eigenvalue weighted by Crippen LogP contribution is -2.42. The molecule has 0 radical (unpaired) electrons. The molecule has 0 aliphatic heterocycles. The van der Waals surface area contributed by atoms with Gasteiger partial charge >= 0.3 is 0 Å². The second-order valence-electron chi connectivity index (χ2n) is 8.39. The van der Waals surface area contributed by atoms with Crippen LogP contribution in [0.15, 0.2) is 47.4 Å². The summed E-state index contributed by atoms with van der Waals surface area (Å²) in [4.78, 5) is 4.68. The Morgan fingerprint density at radius 1 is 1.17 bits per heavy atom. The lowest BCUT2D eigenvalue weighted by Gasteiger charge is -2.23. The van der Waals surface area contributed by atoms with Gasteiger partial charge in [-0.25, -0.2) is 0 Å². The Labute approximate surface area is 183 Å². The second-order valence-corrected chi connectivity index (χ2v) is 9.20. The molecule has 0 amide bonds. The van der Waals surface area contributed by atoms with E-state index >= 15 is 0 Å². The van der Waals surface area contributed by atoms with Crippen LogP contribution in [-0.2, 0) is 0 Å². The zero-order chi connectivity index (χ0) is 21.7. The molecule has 5 heteroatoms. The van der Waals surface area contributed by atoms with Gasteiger partial charge in [0.15, 0.2) is 0 Å². The van der Waals surface area contributed by atoms with E-state index in [-0.39, 0.29) is 12.1 Å². The molecule has 0 bridgehead atoms. The first-order valence-corrected chi connectivity index (χ1v) is 11.3. The number of β-amino-alcohol motifs (C(OH)–C–C–N with tert-alkyl or cyclic N) is 1. The predicted octanol–water partition coefficient (Wildman–Crippen LogP) is 4.73. The Balaban J connectivity index is 1.74. The maximum atomic E-state index is 10.2. The lowest BCUT2D eigenvalue weighted by molar-refractivity contribution is 0.0999. The standard InChI is InChI=1S/C25H30N2O2S/c1-17-24(30-5)21-14-18(11-13-22(21)27-17)10-12-19-8-6-7-9-23(19)29-16-20(28)15-26-25(2,3)4/h6-9,11,13-14,20,26-28H,15-16H2,1-5H3. The van der Waals surface area contributed by atoms with Crippen LogP contribution in [0.4, 0.5) is 0 Å². The first-order valence-electron chi connectivity index (χ1n) is 10.1. The quantitative estimate of drug-likeness (QED) is 0.397. The number of rotatable bonds is 6. The minimum Gasteiger partial charge on any atom is -0.490 e. The predicted molar refractivity (Wildman–Crippen MR) is 126 cm³/mol. The monoisotopic (exact) mass is 422 g/mol. The Bertz CT molecular complexity index is 1070. The van der Waals surface area contributed by atoms with Crippen LogP contribution in [0, 0.1) is 18.8 Å². The van der Waals surface area contributed by atoms with Gasteiger partial charge in [-0.3, -0.25) is 0 Å². The molecule has 1 unspecified atom stereocenters. The molecule has 0 saturated heterocycles. The molecule has 4 nitrogen and oxygen atoms in total. The molecule has 0 spiro atoms. The number of aromatic nitrogens is 1. The van der Waals surface area contributed by atoms with Gasteiger partial charge in [0.25, 0.3) is 0 Å². The summed E-state index contributed by atoms with van der Waals surface area (Å²) in [5.41, 5.74) is 4.04. The van der Waals surface area contributed by atoms with E-state index in [0.717, 1.165) is 16.6 Å². The van der Waals surface area contributed by atoms with Crippen LogP contribution in [0.1, 0.15) is 37.6 Å². The molecular formula is C25H30N2O2S. The Kier molecular flexibility index (Phi) is 7.14. The number of fused-ring (bicyclic) bond motifs is 1. The van der Waals surface area contributed by atoms with Gasteiger partial charge in [-0.2, -0.15) is 0 Å². The van der Waals surface area contributed by atoms with E-state index in [1.54, 1.807) is 11.8 Å². The molecule has 0 saturated carbocycles. The van der Waals surface area contributed by atoms with E-state index in [2.05, 4.69) is 68.2 Å². The van der Waals surface area contributed by atoms with Crippen LogP contribution < -0.4 is 10.1 Å². The third-order valence-electron chi connectivity index (χ3n) is 4.66. The van der Waals surface area contributed by atoms with Crippen LogP contribution in [0.5, 0.6) is 5.75 Å². The number of H-pyrrole nitrogens is 1. The molecule has 3 rings (SSSR count). The summed E-state index contributed by atoms with van der Waals surface area (Å²) in [6.07, 6.45) is 1.50. The van der Waals surface area contributed by atoms with Crippen LogP contribution in [-0.4, -0.2) is 41.1 Å². The smallest absolute Gasteiger partial charge is 0.135 e. The minimum absolute atomic E-state index is 0.0420. The number of aliphatic hydroxyl groups is 1. The topological polar surface area (TPSA) is 57.3 Å². The van der Waals surface area contributed by atoms with Crippen molar-refractivity contribution in [3.05, 3.63) is 59.3 Å². The first-order chi connectivity index (χ1) is 14.3. The highest BCUT2D eigenvalue weighted by Gasteiger charge is 2.13. The van der Waals surface area contributed by atoms with Gasteiger partial charge in [0.2, 0.25) is 0 Å². The number of hydrogen-bond donors (Lipinski definition) is 3. The van der Waals surface area contributed by atoms with Gasteiger partial charge in [-0.1, -0.05) is 24.0 Å². The number of aromatic amines is 1. The number of ether oxygens (including phenoxy) is 1. The van der Waals surface area contributed by atoms with Gasteiger partial charge < -0.3 is 20.1 Å². The third-order valence-corrected chi connectivity index (χ3v) is 5.59.